The van der Waals surface area contributed by atoms with E-state index in [0.29, 0.717) is 11.4 Å². The molecule has 1 amide bonds. The predicted molar refractivity (Wildman–Crippen MR) is 133 cm³/mol. The lowest BCUT2D eigenvalue weighted by Crippen LogP contribution is -2.47. The first-order valence-electron chi connectivity index (χ1n) is 11.3. The molecule has 0 N–H and O–H groups in total. The van der Waals surface area contributed by atoms with E-state index < -0.39 is 0 Å². The van der Waals surface area contributed by atoms with Crippen molar-refractivity contribution in [2.24, 2.45) is 0 Å². The fraction of sp³-hybridized carbons (Fsp3) is 0.214. The van der Waals surface area contributed by atoms with Crippen LogP contribution in [0.4, 0.5) is 0 Å². The minimum atomic E-state index is 0.0723. The van der Waals surface area contributed by atoms with Gasteiger partial charge in [0.2, 0.25) is 5.88 Å². The number of likely N-dealkylation sites (N-methyl/N-ethyl adjacent to an activating group) is 1. The number of fused-ring (bicyclic) bond motifs is 1. The summed E-state index contributed by atoms with van der Waals surface area (Å²) in [7, 11) is 3.72. The second-order valence-corrected chi connectivity index (χ2v) is 8.45. The van der Waals surface area contributed by atoms with Crippen LogP contribution in [-0.2, 0) is 0 Å². The number of hydrogen-bond acceptors (Lipinski definition) is 4. The van der Waals surface area contributed by atoms with Gasteiger partial charge >= 0.3 is 0 Å². The molecular formula is C28H27N3O2. The maximum atomic E-state index is 13.3. The molecule has 0 spiro atoms. The van der Waals surface area contributed by atoms with Crippen LogP contribution in [0.2, 0.25) is 0 Å². The van der Waals surface area contributed by atoms with Gasteiger partial charge in [-0.3, -0.25) is 4.79 Å². The summed E-state index contributed by atoms with van der Waals surface area (Å²) in [5.41, 5.74) is 5.85. The molecule has 0 radical (unpaired) electrons. The molecule has 33 heavy (non-hydrogen) atoms. The van der Waals surface area contributed by atoms with Crippen LogP contribution in [0.3, 0.4) is 0 Å². The average molecular weight is 438 g/mol. The van der Waals surface area contributed by atoms with Crippen molar-refractivity contribution in [3.05, 3.63) is 84.4 Å². The first kappa shape index (κ1) is 21.2. The van der Waals surface area contributed by atoms with Crippen molar-refractivity contribution < 1.29 is 9.53 Å². The van der Waals surface area contributed by atoms with Gasteiger partial charge in [-0.15, -0.1) is 0 Å². The normalized spacial score (nSPS) is 14.4. The number of pyridine rings is 1. The standard InChI is InChI=1S/C28H27N3O2/c1-30-14-16-31(17-15-30)28(32)21-12-13-26-25(18-21)24(19-27(29-26)33-2)23-11-7-6-10-22(23)20-8-4-3-5-9-20/h3-13,18-19H,14-17H2,1-2H3. The predicted octanol–water partition coefficient (Wildman–Crippen LogP) is 4.97. The van der Waals surface area contributed by atoms with E-state index in [1.807, 2.05) is 53.4 Å². The monoisotopic (exact) mass is 437 g/mol. The molecule has 2 heterocycles. The Labute approximate surface area is 194 Å². The number of hydrogen-bond donors (Lipinski definition) is 0. The van der Waals surface area contributed by atoms with Gasteiger partial charge in [-0.2, -0.15) is 0 Å². The molecule has 4 aromatic rings. The number of ether oxygens (including phenoxy) is 1. The molecule has 1 aliphatic heterocycles. The molecule has 0 unspecified atom stereocenters. The Morgan fingerprint density at radius 3 is 2.24 bits per heavy atom. The number of aromatic nitrogens is 1. The van der Waals surface area contributed by atoms with Crippen molar-refractivity contribution in [2.75, 3.05) is 40.3 Å². The molecule has 5 nitrogen and oxygen atoms in total. The Hall–Kier alpha value is -3.70. The van der Waals surface area contributed by atoms with E-state index in [9.17, 15) is 4.79 Å². The molecule has 0 aliphatic carbocycles. The molecular weight excluding hydrogens is 410 g/mol. The van der Waals surface area contributed by atoms with Crippen molar-refractivity contribution in [1.29, 1.82) is 0 Å². The van der Waals surface area contributed by atoms with E-state index in [0.717, 1.165) is 59.3 Å². The molecule has 1 fully saturated rings. The Balaban J connectivity index is 1.65. The van der Waals surface area contributed by atoms with Gasteiger partial charge in [0.1, 0.15) is 0 Å². The summed E-state index contributed by atoms with van der Waals surface area (Å²) in [5, 5.41) is 0.944. The van der Waals surface area contributed by atoms with E-state index in [2.05, 4.69) is 47.3 Å². The zero-order valence-corrected chi connectivity index (χ0v) is 19.0. The number of piperazine rings is 1. The number of amides is 1. The fourth-order valence-corrected chi connectivity index (χ4v) is 4.44. The number of carbonyl (C=O) groups excluding carboxylic acids is 1. The Bertz CT molecular complexity index is 1300. The van der Waals surface area contributed by atoms with Crippen LogP contribution in [-0.4, -0.2) is 61.0 Å². The summed E-state index contributed by atoms with van der Waals surface area (Å²) in [5.74, 6) is 0.627. The summed E-state index contributed by atoms with van der Waals surface area (Å²) in [6.45, 7) is 3.29. The zero-order valence-electron chi connectivity index (χ0n) is 19.0. The summed E-state index contributed by atoms with van der Waals surface area (Å²) < 4.78 is 5.52. The third kappa shape index (κ3) is 4.20. The maximum Gasteiger partial charge on any atom is 0.253 e. The second kappa shape index (κ2) is 9.04. The van der Waals surface area contributed by atoms with E-state index >= 15 is 0 Å². The Morgan fingerprint density at radius 2 is 1.52 bits per heavy atom. The summed E-state index contributed by atoms with van der Waals surface area (Å²) in [4.78, 5) is 22.1. The highest BCUT2D eigenvalue weighted by Gasteiger charge is 2.21. The lowest BCUT2D eigenvalue weighted by molar-refractivity contribution is 0.0664. The van der Waals surface area contributed by atoms with Crippen molar-refractivity contribution in [2.45, 2.75) is 0 Å². The summed E-state index contributed by atoms with van der Waals surface area (Å²) >= 11 is 0. The highest BCUT2D eigenvalue weighted by Crippen LogP contribution is 2.37. The number of methoxy groups -OCH3 is 1. The van der Waals surface area contributed by atoms with E-state index in [-0.39, 0.29) is 5.91 Å². The molecule has 5 heteroatoms. The largest absolute Gasteiger partial charge is 0.481 e. The van der Waals surface area contributed by atoms with Gasteiger partial charge in [0.15, 0.2) is 0 Å². The average Bonchev–Trinajstić information content (AvgIpc) is 2.88. The number of benzene rings is 3. The second-order valence-electron chi connectivity index (χ2n) is 8.45. The van der Waals surface area contributed by atoms with E-state index in [1.165, 1.54) is 0 Å². The highest BCUT2D eigenvalue weighted by atomic mass is 16.5. The van der Waals surface area contributed by atoms with Crippen molar-refractivity contribution in [3.63, 3.8) is 0 Å². The third-order valence-corrected chi connectivity index (χ3v) is 6.33. The van der Waals surface area contributed by atoms with Gasteiger partial charge in [-0.05, 0) is 47.5 Å². The molecule has 1 saturated heterocycles. The van der Waals surface area contributed by atoms with Crippen molar-refractivity contribution in [1.82, 2.24) is 14.8 Å². The van der Waals surface area contributed by atoms with Crippen molar-refractivity contribution >= 4 is 16.8 Å². The minimum absolute atomic E-state index is 0.0723. The van der Waals surface area contributed by atoms with Gasteiger partial charge in [0.05, 0.1) is 12.6 Å². The SMILES string of the molecule is COc1cc(-c2ccccc2-c2ccccc2)c2cc(C(=O)N3CCN(C)CC3)ccc2n1. The Kier molecular flexibility index (Phi) is 5.80. The first-order chi connectivity index (χ1) is 16.1. The van der Waals surface area contributed by atoms with Gasteiger partial charge in [-0.1, -0.05) is 54.6 Å². The van der Waals surface area contributed by atoms with Crippen LogP contribution >= 0.6 is 0 Å². The zero-order chi connectivity index (χ0) is 22.8. The van der Waals surface area contributed by atoms with Gasteiger partial charge in [-0.25, -0.2) is 4.98 Å². The van der Waals surface area contributed by atoms with Crippen molar-refractivity contribution in [3.8, 4) is 28.1 Å². The molecule has 1 aromatic heterocycles. The Morgan fingerprint density at radius 1 is 0.818 bits per heavy atom. The fourth-order valence-electron chi connectivity index (χ4n) is 4.44. The minimum Gasteiger partial charge on any atom is -0.481 e. The molecule has 0 atom stereocenters. The van der Waals surface area contributed by atoms with Gasteiger partial charge < -0.3 is 14.5 Å². The first-order valence-corrected chi connectivity index (χ1v) is 11.3. The third-order valence-electron chi connectivity index (χ3n) is 6.33. The van der Waals surface area contributed by atoms with Gasteiger partial charge in [0, 0.05) is 43.2 Å². The van der Waals surface area contributed by atoms with Crippen LogP contribution in [0, 0.1) is 0 Å². The van der Waals surface area contributed by atoms with Crippen LogP contribution in [0.5, 0.6) is 5.88 Å². The topological polar surface area (TPSA) is 45.7 Å². The summed E-state index contributed by atoms with van der Waals surface area (Å²) in [6.07, 6.45) is 0. The highest BCUT2D eigenvalue weighted by molar-refractivity contribution is 6.04. The molecule has 5 rings (SSSR count). The number of nitrogens with zero attached hydrogens (tertiary/aromatic N) is 3. The molecule has 166 valence electrons. The van der Waals surface area contributed by atoms with Crippen LogP contribution < -0.4 is 4.74 Å². The smallest absolute Gasteiger partial charge is 0.253 e. The van der Waals surface area contributed by atoms with Gasteiger partial charge in [0.25, 0.3) is 5.91 Å². The lowest BCUT2D eigenvalue weighted by atomic mass is 9.92. The number of carbonyl (C=O) groups is 1. The van der Waals surface area contributed by atoms with E-state index in [1.54, 1.807) is 7.11 Å². The van der Waals surface area contributed by atoms with Crippen LogP contribution in [0.25, 0.3) is 33.2 Å². The maximum absolute atomic E-state index is 13.3. The lowest BCUT2D eigenvalue weighted by Gasteiger charge is -2.32. The van der Waals surface area contributed by atoms with Crippen LogP contribution in [0.15, 0.2) is 78.9 Å². The molecule has 3 aromatic carbocycles. The van der Waals surface area contributed by atoms with Crippen LogP contribution in [0.1, 0.15) is 10.4 Å². The van der Waals surface area contributed by atoms with E-state index in [4.69, 9.17) is 4.74 Å². The molecule has 1 aliphatic rings. The quantitative estimate of drug-likeness (QED) is 0.452. The molecule has 0 bridgehead atoms. The molecule has 0 saturated carbocycles. The summed E-state index contributed by atoms with van der Waals surface area (Å²) in [6, 6.07) is 26.4. The number of rotatable bonds is 4.